The molecule has 0 fully saturated rings. The quantitative estimate of drug-likeness (QED) is 0.231. The molecule has 26 heavy (non-hydrogen) atoms. The maximum atomic E-state index is 11.9. The minimum atomic E-state index is -4.70. The Bertz CT molecular complexity index is 434. The lowest BCUT2D eigenvalue weighted by molar-refractivity contribution is -0.161. The van der Waals surface area contributed by atoms with Crippen molar-refractivity contribution in [1.82, 2.24) is 0 Å². The van der Waals surface area contributed by atoms with Gasteiger partial charge in [-0.15, -0.1) is 0 Å². The molecule has 0 aromatic heterocycles. The SMILES string of the molecule is CCCCCCCC(=O)OC(COC(=O)CCCCC)COP(=O)(O)O. The zero-order valence-corrected chi connectivity index (χ0v) is 16.7. The Morgan fingerprint density at radius 1 is 0.846 bits per heavy atom. The van der Waals surface area contributed by atoms with E-state index < -0.39 is 32.5 Å². The van der Waals surface area contributed by atoms with E-state index in [0.717, 1.165) is 38.5 Å². The molecular formula is C17H33O8P. The van der Waals surface area contributed by atoms with E-state index in [1.54, 1.807) is 0 Å². The van der Waals surface area contributed by atoms with Crippen molar-refractivity contribution in [2.24, 2.45) is 0 Å². The molecule has 8 nitrogen and oxygen atoms in total. The molecule has 0 heterocycles. The summed E-state index contributed by atoms with van der Waals surface area (Å²) in [6, 6.07) is 0. The largest absolute Gasteiger partial charge is 0.469 e. The van der Waals surface area contributed by atoms with Crippen LogP contribution in [-0.2, 0) is 28.2 Å². The fraction of sp³-hybridized carbons (Fsp3) is 0.882. The molecule has 0 bridgehead atoms. The number of carbonyl (C=O) groups is 2. The van der Waals surface area contributed by atoms with Gasteiger partial charge in [-0.05, 0) is 12.8 Å². The van der Waals surface area contributed by atoms with Crippen molar-refractivity contribution >= 4 is 19.8 Å². The maximum Gasteiger partial charge on any atom is 0.469 e. The average molecular weight is 396 g/mol. The Balaban J connectivity index is 4.29. The predicted molar refractivity (Wildman–Crippen MR) is 96.4 cm³/mol. The highest BCUT2D eigenvalue weighted by molar-refractivity contribution is 7.46. The molecule has 154 valence electrons. The van der Waals surface area contributed by atoms with Gasteiger partial charge in [0.05, 0.1) is 6.61 Å². The molecule has 0 amide bonds. The van der Waals surface area contributed by atoms with Gasteiger partial charge < -0.3 is 19.3 Å². The van der Waals surface area contributed by atoms with Crippen LogP contribution in [0, 0.1) is 0 Å². The topological polar surface area (TPSA) is 119 Å². The van der Waals surface area contributed by atoms with Crippen molar-refractivity contribution in [3.63, 3.8) is 0 Å². The zero-order chi connectivity index (χ0) is 19.8. The van der Waals surface area contributed by atoms with Crippen molar-refractivity contribution < 1.29 is 37.9 Å². The Morgan fingerprint density at radius 2 is 1.38 bits per heavy atom. The van der Waals surface area contributed by atoms with Crippen LogP contribution in [0.2, 0.25) is 0 Å². The molecule has 1 unspecified atom stereocenters. The number of hydrogen-bond donors (Lipinski definition) is 2. The van der Waals surface area contributed by atoms with E-state index in [1.165, 1.54) is 0 Å². The molecule has 1 atom stereocenters. The number of rotatable bonds is 16. The second kappa shape index (κ2) is 15.1. The van der Waals surface area contributed by atoms with Crippen LogP contribution in [0.4, 0.5) is 0 Å². The van der Waals surface area contributed by atoms with Gasteiger partial charge in [-0.3, -0.25) is 14.1 Å². The standard InChI is InChI=1S/C17H33O8P/c1-3-5-7-8-10-12-17(19)25-15(14-24-26(20,21)22)13-23-16(18)11-9-6-4-2/h15H,3-14H2,1-2H3,(H2,20,21,22). The Labute approximate surface area is 155 Å². The van der Waals surface area contributed by atoms with Crippen LogP contribution in [0.3, 0.4) is 0 Å². The van der Waals surface area contributed by atoms with E-state index in [-0.39, 0.29) is 19.4 Å². The highest BCUT2D eigenvalue weighted by Gasteiger charge is 2.22. The Kier molecular flexibility index (Phi) is 14.6. The van der Waals surface area contributed by atoms with Gasteiger partial charge in [-0.2, -0.15) is 0 Å². The summed E-state index contributed by atoms with van der Waals surface area (Å²) in [5.41, 5.74) is 0. The van der Waals surface area contributed by atoms with Gasteiger partial charge >= 0.3 is 19.8 Å². The first kappa shape index (κ1) is 25.1. The number of phosphoric ester groups is 1. The molecule has 0 aromatic rings. The second-order valence-electron chi connectivity index (χ2n) is 6.20. The molecule has 0 aliphatic carbocycles. The molecule has 0 aliphatic rings. The number of phosphoric acid groups is 1. The second-order valence-corrected chi connectivity index (χ2v) is 7.44. The molecule has 0 aliphatic heterocycles. The number of carbonyl (C=O) groups excluding carboxylic acids is 2. The summed E-state index contributed by atoms with van der Waals surface area (Å²) in [4.78, 5) is 41.1. The van der Waals surface area contributed by atoms with E-state index in [1.807, 2.05) is 6.92 Å². The van der Waals surface area contributed by atoms with Crippen LogP contribution in [0.25, 0.3) is 0 Å². The minimum Gasteiger partial charge on any atom is -0.462 e. The molecule has 0 saturated carbocycles. The first-order chi connectivity index (χ1) is 12.3. The van der Waals surface area contributed by atoms with E-state index in [4.69, 9.17) is 19.3 Å². The van der Waals surface area contributed by atoms with Gasteiger partial charge in [0.15, 0.2) is 6.10 Å². The summed E-state index contributed by atoms with van der Waals surface area (Å²) >= 11 is 0. The summed E-state index contributed by atoms with van der Waals surface area (Å²) in [6.07, 6.45) is 6.88. The lowest BCUT2D eigenvalue weighted by Crippen LogP contribution is -2.29. The van der Waals surface area contributed by atoms with E-state index in [0.29, 0.717) is 12.8 Å². The van der Waals surface area contributed by atoms with Gasteiger partial charge in [0.2, 0.25) is 0 Å². The summed E-state index contributed by atoms with van der Waals surface area (Å²) in [5, 5.41) is 0. The van der Waals surface area contributed by atoms with Crippen molar-refractivity contribution in [1.29, 1.82) is 0 Å². The lowest BCUT2D eigenvalue weighted by Gasteiger charge is -2.18. The summed E-state index contributed by atoms with van der Waals surface area (Å²) < 4.78 is 25.4. The normalized spacial score (nSPS) is 12.6. The van der Waals surface area contributed by atoms with Crippen molar-refractivity contribution in [2.45, 2.75) is 84.2 Å². The molecule has 0 rings (SSSR count). The van der Waals surface area contributed by atoms with Crippen molar-refractivity contribution in [3.05, 3.63) is 0 Å². The van der Waals surface area contributed by atoms with E-state index in [2.05, 4.69) is 11.4 Å². The molecule has 0 aromatic carbocycles. The fourth-order valence-electron chi connectivity index (χ4n) is 2.19. The first-order valence-corrected chi connectivity index (χ1v) is 10.9. The third-order valence-electron chi connectivity index (χ3n) is 3.63. The molecular weight excluding hydrogens is 363 g/mol. The first-order valence-electron chi connectivity index (χ1n) is 9.33. The van der Waals surface area contributed by atoms with E-state index >= 15 is 0 Å². The molecule has 0 radical (unpaired) electrons. The average Bonchev–Trinajstić information content (AvgIpc) is 2.56. The molecule has 0 spiro atoms. The van der Waals surface area contributed by atoms with Gasteiger partial charge in [0.1, 0.15) is 6.61 Å². The zero-order valence-electron chi connectivity index (χ0n) is 15.9. The van der Waals surface area contributed by atoms with Crippen molar-refractivity contribution in [3.8, 4) is 0 Å². The molecule has 9 heteroatoms. The van der Waals surface area contributed by atoms with Crippen molar-refractivity contribution in [2.75, 3.05) is 13.2 Å². The van der Waals surface area contributed by atoms with Crippen LogP contribution in [-0.4, -0.2) is 41.0 Å². The van der Waals surface area contributed by atoms with Crippen LogP contribution in [0.1, 0.15) is 78.1 Å². The number of ether oxygens (including phenoxy) is 2. The van der Waals surface area contributed by atoms with Crippen LogP contribution in [0.15, 0.2) is 0 Å². The highest BCUT2D eigenvalue weighted by Crippen LogP contribution is 2.35. The summed E-state index contributed by atoms with van der Waals surface area (Å²) in [5.74, 6) is -0.932. The Morgan fingerprint density at radius 3 is 2.00 bits per heavy atom. The minimum absolute atomic E-state index is 0.209. The number of hydrogen-bond acceptors (Lipinski definition) is 6. The number of unbranched alkanes of at least 4 members (excludes halogenated alkanes) is 6. The predicted octanol–water partition coefficient (Wildman–Crippen LogP) is 3.49. The third-order valence-corrected chi connectivity index (χ3v) is 4.11. The van der Waals surface area contributed by atoms with Gasteiger partial charge in [-0.25, -0.2) is 4.57 Å². The van der Waals surface area contributed by atoms with Crippen LogP contribution < -0.4 is 0 Å². The maximum absolute atomic E-state index is 11.9. The lowest BCUT2D eigenvalue weighted by atomic mass is 10.1. The highest BCUT2D eigenvalue weighted by atomic mass is 31.2. The smallest absolute Gasteiger partial charge is 0.462 e. The summed E-state index contributed by atoms with van der Waals surface area (Å²) in [6.45, 7) is 3.30. The van der Waals surface area contributed by atoms with Gasteiger partial charge in [0.25, 0.3) is 0 Å². The van der Waals surface area contributed by atoms with Crippen LogP contribution >= 0.6 is 7.82 Å². The monoisotopic (exact) mass is 396 g/mol. The molecule has 0 saturated heterocycles. The Hall–Kier alpha value is -0.950. The van der Waals surface area contributed by atoms with Gasteiger partial charge in [-0.1, -0.05) is 52.4 Å². The van der Waals surface area contributed by atoms with Gasteiger partial charge in [0, 0.05) is 12.8 Å². The third kappa shape index (κ3) is 16.5. The fourth-order valence-corrected chi connectivity index (χ4v) is 2.55. The van der Waals surface area contributed by atoms with Crippen LogP contribution in [0.5, 0.6) is 0 Å². The number of esters is 2. The molecule has 2 N–H and O–H groups in total. The van der Waals surface area contributed by atoms with E-state index in [9.17, 15) is 14.2 Å². The summed E-state index contributed by atoms with van der Waals surface area (Å²) in [7, 11) is -4.70.